The number of thiazole rings is 1. The molecule has 0 radical (unpaired) electrons. The zero-order chi connectivity index (χ0) is 30.9. The number of rotatable bonds is 15. The van der Waals surface area contributed by atoms with Crippen molar-refractivity contribution in [3.8, 4) is 11.3 Å². The van der Waals surface area contributed by atoms with E-state index in [1.165, 1.54) is 29.4 Å². The van der Waals surface area contributed by atoms with Crippen LogP contribution in [0.25, 0.3) is 17.3 Å². The van der Waals surface area contributed by atoms with E-state index >= 15 is 0 Å². The number of carboxylic acid groups (broad SMARTS) is 1. The SMILES string of the molecule is CCOCC(COCC)OCCCc1cccc2c1CCc1sc(NC(=O)c3cc(F)c(/C=C(\C)C(=O)O)c(F)c3)nc1-2. The molecule has 1 aliphatic carbocycles. The average Bonchev–Trinajstić information content (AvgIpc) is 3.40. The van der Waals surface area contributed by atoms with Gasteiger partial charge in [0, 0.05) is 47.0 Å². The first-order valence-corrected chi connectivity index (χ1v) is 15.1. The van der Waals surface area contributed by atoms with Crippen LogP contribution in [0.3, 0.4) is 0 Å². The summed E-state index contributed by atoms with van der Waals surface area (Å²) >= 11 is 1.34. The van der Waals surface area contributed by atoms with Gasteiger partial charge in [-0.3, -0.25) is 10.1 Å². The van der Waals surface area contributed by atoms with Gasteiger partial charge < -0.3 is 19.3 Å². The van der Waals surface area contributed by atoms with Crippen LogP contribution in [0.2, 0.25) is 0 Å². The van der Waals surface area contributed by atoms with Crippen LogP contribution in [0.4, 0.5) is 13.9 Å². The van der Waals surface area contributed by atoms with Crippen LogP contribution in [0.15, 0.2) is 35.9 Å². The summed E-state index contributed by atoms with van der Waals surface area (Å²) in [7, 11) is 0. The van der Waals surface area contributed by atoms with Gasteiger partial charge in [-0.05, 0) is 75.8 Å². The number of aliphatic carboxylic acids is 1. The van der Waals surface area contributed by atoms with Gasteiger partial charge in [0.15, 0.2) is 5.13 Å². The van der Waals surface area contributed by atoms with Crippen LogP contribution < -0.4 is 5.32 Å². The lowest BCUT2D eigenvalue weighted by molar-refractivity contribution is -0.132. The Balaban J connectivity index is 1.43. The fraction of sp³-hybridized carbons (Fsp3) is 0.406. The Morgan fingerprint density at radius 2 is 1.81 bits per heavy atom. The van der Waals surface area contributed by atoms with Gasteiger partial charge in [0.25, 0.3) is 5.91 Å². The second-order valence-electron chi connectivity index (χ2n) is 10.1. The summed E-state index contributed by atoms with van der Waals surface area (Å²) in [5.41, 5.74) is 3.29. The number of carbonyl (C=O) groups is 2. The van der Waals surface area contributed by atoms with Gasteiger partial charge in [-0.2, -0.15) is 0 Å². The van der Waals surface area contributed by atoms with Gasteiger partial charge in [0.1, 0.15) is 17.7 Å². The molecule has 230 valence electrons. The molecule has 2 N–H and O–H groups in total. The summed E-state index contributed by atoms with van der Waals surface area (Å²) in [4.78, 5) is 29.6. The van der Waals surface area contributed by atoms with E-state index in [1.54, 1.807) is 0 Å². The van der Waals surface area contributed by atoms with Crippen molar-refractivity contribution in [2.75, 3.05) is 38.4 Å². The van der Waals surface area contributed by atoms with Crippen LogP contribution in [-0.4, -0.2) is 61.1 Å². The van der Waals surface area contributed by atoms with E-state index in [0.717, 1.165) is 60.0 Å². The van der Waals surface area contributed by atoms with Crippen molar-refractivity contribution >= 4 is 34.4 Å². The number of ether oxygens (including phenoxy) is 3. The zero-order valence-corrected chi connectivity index (χ0v) is 25.3. The maximum Gasteiger partial charge on any atom is 0.331 e. The van der Waals surface area contributed by atoms with E-state index in [4.69, 9.17) is 19.3 Å². The summed E-state index contributed by atoms with van der Waals surface area (Å²) in [5, 5.41) is 12.0. The number of nitrogens with one attached hydrogen (secondary N) is 1. The molecule has 43 heavy (non-hydrogen) atoms. The van der Waals surface area contributed by atoms with Gasteiger partial charge in [0.05, 0.1) is 18.9 Å². The minimum atomic E-state index is -1.30. The minimum Gasteiger partial charge on any atom is -0.478 e. The number of aryl methyl sites for hydroxylation is 2. The fourth-order valence-corrected chi connectivity index (χ4v) is 5.84. The Hall–Kier alpha value is -3.51. The van der Waals surface area contributed by atoms with Gasteiger partial charge in [-0.25, -0.2) is 18.6 Å². The lowest BCUT2D eigenvalue weighted by Crippen LogP contribution is -2.26. The van der Waals surface area contributed by atoms with E-state index < -0.39 is 29.1 Å². The molecule has 8 nitrogen and oxygen atoms in total. The molecule has 0 aliphatic heterocycles. The fourth-order valence-electron chi connectivity index (χ4n) is 4.87. The summed E-state index contributed by atoms with van der Waals surface area (Å²) in [6, 6.07) is 7.91. The van der Waals surface area contributed by atoms with Gasteiger partial charge in [-0.1, -0.05) is 18.2 Å². The first kappa shape index (κ1) is 32.4. The number of carboxylic acids is 1. The molecular weight excluding hydrogens is 578 g/mol. The topological polar surface area (TPSA) is 107 Å². The van der Waals surface area contributed by atoms with E-state index in [-0.39, 0.29) is 17.2 Å². The molecule has 2 aromatic carbocycles. The molecule has 1 amide bonds. The molecule has 4 rings (SSSR count). The molecule has 3 aromatic rings. The van der Waals surface area contributed by atoms with E-state index in [1.807, 2.05) is 26.0 Å². The van der Waals surface area contributed by atoms with Crippen molar-refractivity contribution < 1.29 is 37.7 Å². The second-order valence-corrected chi connectivity index (χ2v) is 11.2. The van der Waals surface area contributed by atoms with Crippen molar-refractivity contribution in [2.24, 2.45) is 0 Å². The minimum absolute atomic E-state index is 0.0975. The lowest BCUT2D eigenvalue weighted by atomic mass is 9.88. The zero-order valence-electron chi connectivity index (χ0n) is 24.5. The van der Waals surface area contributed by atoms with Crippen molar-refractivity contribution in [3.05, 3.63) is 74.7 Å². The summed E-state index contributed by atoms with van der Waals surface area (Å²) in [6.45, 7) is 7.98. The Morgan fingerprint density at radius 1 is 1.12 bits per heavy atom. The Labute approximate surface area is 253 Å². The number of hydrogen-bond donors (Lipinski definition) is 2. The van der Waals surface area contributed by atoms with Gasteiger partial charge >= 0.3 is 5.97 Å². The number of carbonyl (C=O) groups excluding carboxylic acids is 1. The molecule has 1 aliphatic rings. The van der Waals surface area contributed by atoms with Crippen LogP contribution in [0.5, 0.6) is 0 Å². The highest BCUT2D eigenvalue weighted by Crippen LogP contribution is 2.39. The van der Waals surface area contributed by atoms with Crippen molar-refractivity contribution in [1.82, 2.24) is 4.98 Å². The quantitative estimate of drug-likeness (QED) is 0.152. The Bertz CT molecular complexity index is 1460. The molecule has 0 unspecified atom stereocenters. The number of halogens is 2. The van der Waals surface area contributed by atoms with Gasteiger partial charge in [0.2, 0.25) is 0 Å². The predicted octanol–water partition coefficient (Wildman–Crippen LogP) is 6.32. The molecule has 0 saturated heterocycles. The first-order chi connectivity index (χ1) is 20.7. The monoisotopic (exact) mass is 614 g/mol. The highest BCUT2D eigenvalue weighted by Gasteiger charge is 2.24. The number of benzene rings is 2. The van der Waals surface area contributed by atoms with Crippen molar-refractivity contribution in [1.29, 1.82) is 0 Å². The van der Waals surface area contributed by atoms with E-state index in [9.17, 15) is 18.4 Å². The highest BCUT2D eigenvalue weighted by molar-refractivity contribution is 7.16. The molecule has 0 fully saturated rings. The molecular formula is C32H36F2N2O6S. The number of anilines is 1. The van der Waals surface area contributed by atoms with Crippen LogP contribution in [0.1, 0.15) is 59.1 Å². The maximum atomic E-state index is 14.6. The lowest BCUT2D eigenvalue weighted by Gasteiger charge is -2.20. The molecule has 0 saturated carbocycles. The smallest absolute Gasteiger partial charge is 0.331 e. The Kier molecular flexibility index (Phi) is 11.5. The number of aromatic nitrogens is 1. The molecule has 0 bridgehead atoms. The Morgan fingerprint density at radius 3 is 2.47 bits per heavy atom. The molecule has 0 atom stereocenters. The van der Waals surface area contributed by atoms with E-state index in [2.05, 4.69) is 16.4 Å². The van der Waals surface area contributed by atoms with Crippen molar-refractivity contribution in [3.63, 3.8) is 0 Å². The standard InChI is InChI=1S/C32H36F2N2O6S/c1-4-40-17-22(18-41-5-2)42-13-7-9-20-8-6-10-24-23(20)11-12-28-29(24)35-32(43-28)36-30(37)21-15-26(33)25(27(34)16-21)14-19(3)31(38)39/h6,8,10,14-16,22H,4-5,7,9,11-13,17-18H2,1-3H3,(H,38,39)(H,35,36,37)/b19-14+. The number of fused-ring (bicyclic) bond motifs is 3. The first-order valence-electron chi connectivity index (χ1n) is 14.3. The summed E-state index contributed by atoms with van der Waals surface area (Å²) in [5.74, 6) is -4.07. The molecule has 1 aromatic heterocycles. The predicted molar refractivity (Wildman–Crippen MR) is 162 cm³/mol. The molecule has 1 heterocycles. The van der Waals surface area contributed by atoms with Gasteiger partial charge in [-0.15, -0.1) is 11.3 Å². The average molecular weight is 615 g/mol. The van der Waals surface area contributed by atoms with Crippen molar-refractivity contribution in [2.45, 2.75) is 52.6 Å². The third-order valence-electron chi connectivity index (χ3n) is 7.05. The second kappa shape index (κ2) is 15.3. The van der Waals surface area contributed by atoms with Crippen LogP contribution >= 0.6 is 11.3 Å². The number of hydrogen-bond acceptors (Lipinski definition) is 7. The maximum absolute atomic E-state index is 14.6. The number of nitrogens with zero attached hydrogens (tertiary/aromatic N) is 1. The third-order valence-corrected chi connectivity index (χ3v) is 8.08. The summed E-state index contributed by atoms with van der Waals surface area (Å²) in [6.07, 6.45) is 4.09. The van der Waals surface area contributed by atoms with Crippen LogP contribution in [0, 0.1) is 11.6 Å². The summed E-state index contributed by atoms with van der Waals surface area (Å²) < 4.78 is 46.2. The molecule has 0 spiro atoms. The molecule has 11 heteroatoms. The normalized spacial score (nSPS) is 12.7. The van der Waals surface area contributed by atoms with E-state index in [0.29, 0.717) is 38.2 Å². The third kappa shape index (κ3) is 8.32. The van der Waals surface area contributed by atoms with Crippen LogP contribution in [-0.2, 0) is 38.3 Å². The largest absolute Gasteiger partial charge is 0.478 e. The number of amides is 1. The highest BCUT2D eigenvalue weighted by atomic mass is 32.1.